The maximum Gasteiger partial charge on any atom is 0.451 e. The topological polar surface area (TPSA) is 133 Å². The molecule has 0 aromatic heterocycles. The summed E-state index contributed by atoms with van der Waals surface area (Å²) in [5.74, 6) is 0.266. The van der Waals surface area contributed by atoms with Crippen LogP contribution in [0, 0.1) is 5.92 Å². The minimum absolute atomic E-state index is 0.198. The van der Waals surface area contributed by atoms with Crippen molar-refractivity contribution in [1.29, 1.82) is 0 Å². The molecule has 0 aliphatic carbocycles. The molecule has 1 fully saturated rings. The zero-order valence-corrected chi connectivity index (χ0v) is 11.7. The van der Waals surface area contributed by atoms with E-state index in [9.17, 15) is 5.11 Å². The summed E-state index contributed by atoms with van der Waals surface area (Å²) in [5, 5.41) is 30.8. The van der Waals surface area contributed by atoms with E-state index < -0.39 is 13.2 Å². The molecule has 6 N–H and O–H groups in total. The Morgan fingerprint density at radius 2 is 2.00 bits per heavy atom. The van der Waals surface area contributed by atoms with Crippen LogP contribution in [0.25, 0.3) is 0 Å². The molecule has 0 bridgehead atoms. The zero-order valence-electron chi connectivity index (χ0n) is 11.7. The standard InChI is InChI=1S/C11H25BN2O3.CO2/c13-10(5-1-2-6-12(16)17)11(15)9-4-3-7-14-8-9;2-1-3/h9-11,14-17H,1-8,13H2;. The highest BCUT2D eigenvalue weighted by Gasteiger charge is 2.26. The van der Waals surface area contributed by atoms with Crippen molar-refractivity contribution in [2.45, 2.75) is 50.6 Å². The highest BCUT2D eigenvalue weighted by molar-refractivity contribution is 6.40. The van der Waals surface area contributed by atoms with Gasteiger partial charge < -0.3 is 26.2 Å². The monoisotopic (exact) mass is 288 g/mol. The van der Waals surface area contributed by atoms with Gasteiger partial charge >= 0.3 is 13.3 Å². The van der Waals surface area contributed by atoms with Gasteiger partial charge in [-0.1, -0.05) is 12.8 Å². The third-order valence-corrected chi connectivity index (χ3v) is 3.51. The molecule has 0 amide bonds. The first-order valence-electron chi connectivity index (χ1n) is 7.02. The van der Waals surface area contributed by atoms with Crippen LogP contribution in [-0.4, -0.2) is 53.7 Å². The summed E-state index contributed by atoms with van der Waals surface area (Å²) in [6, 6.07) is -0.198. The van der Waals surface area contributed by atoms with Crippen molar-refractivity contribution in [3.8, 4) is 0 Å². The Kier molecular flexibility index (Phi) is 11.6. The number of nitrogens with one attached hydrogen (secondary N) is 1. The minimum atomic E-state index is -1.22. The molecular formula is C12H25BN2O5. The average molecular weight is 288 g/mol. The van der Waals surface area contributed by atoms with Gasteiger partial charge in [0.1, 0.15) is 0 Å². The van der Waals surface area contributed by atoms with Crippen LogP contribution in [0.5, 0.6) is 0 Å². The molecule has 8 heteroatoms. The maximum atomic E-state index is 10.1. The number of piperidine rings is 1. The van der Waals surface area contributed by atoms with Gasteiger partial charge in [0.25, 0.3) is 0 Å². The summed E-state index contributed by atoms with van der Waals surface area (Å²) in [6.45, 7) is 1.89. The lowest BCUT2D eigenvalue weighted by atomic mass is 9.82. The highest BCUT2D eigenvalue weighted by Crippen LogP contribution is 2.18. The van der Waals surface area contributed by atoms with E-state index in [0.29, 0.717) is 6.32 Å². The summed E-state index contributed by atoms with van der Waals surface area (Å²) < 4.78 is 0. The smallest absolute Gasteiger partial charge is 0.427 e. The van der Waals surface area contributed by atoms with E-state index in [-0.39, 0.29) is 18.1 Å². The number of hydrogen-bond acceptors (Lipinski definition) is 7. The molecule has 0 saturated carbocycles. The molecule has 3 unspecified atom stereocenters. The van der Waals surface area contributed by atoms with Gasteiger partial charge in [-0.15, -0.1) is 0 Å². The van der Waals surface area contributed by atoms with E-state index in [2.05, 4.69) is 5.32 Å². The fourth-order valence-corrected chi connectivity index (χ4v) is 2.40. The van der Waals surface area contributed by atoms with E-state index in [1.165, 1.54) is 0 Å². The first-order chi connectivity index (χ1) is 9.52. The Bertz CT molecular complexity index is 269. The molecule has 1 aliphatic rings. The SMILES string of the molecule is NC(CCCCB(O)O)C(O)C1CCCNC1.O=C=O. The van der Waals surface area contributed by atoms with Crippen LogP contribution in [0.15, 0.2) is 0 Å². The molecule has 0 radical (unpaired) electrons. The Morgan fingerprint density at radius 3 is 2.50 bits per heavy atom. The Labute approximate surface area is 119 Å². The quantitative estimate of drug-likeness (QED) is 0.291. The summed E-state index contributed by atoms with van der Waals surface area (Å²) in [4.78, 5) is 16.2. The minimum Gasteiger partial charge on any atom is -0.427 e. The second-order valence-corrected chi connectivity index (χ2v) is 5.11. The molecule has 1 rings (SSSR count). The molecule has 1 saturated heterocycles. The van der Waals surface area contributed by atoms with Crippen LogP contribution < -0.4 is 11.1 Å². The number of aliphatic hydroxyl groups excluding tert-OH is 1. The van der Waals surface area contributed by atoms with E-state index >= 15 is 0 Å². The van der Waals surface area contributed by atoms with E-state index in [1.54, 1.807) is 0 Å². The van der Waals surface area contributed by atoms with Crippen LogP contribution in [0.2, 0.25) is 6.32 Å². The van der Waals surface area contributed by atoms with E-state index in [4.69, 9.17) is 25.4 Å². The molecule has 116 valence electrons. The van der Waals surface area contributed by atoms with Gasteiger partial charge in [0.2, 0.25) is 0 Å². The van der Waals surface area contributed by atoms with Gasteiger partial charge in [-0.3, -0.25) is 0 Å². The third kappa shape index (κ3) is 9.20. The lowest BCUT2D eigenvalue weighted by Gasteiger charge is -2.30. The number of rotatable bonds is 7. The van der Waals surface area contributed by atoms with Crippen LogP contribution in [0.1, 0.15) is 32.1 Å². The number of hydrogen-bond donors (Lipinski definition) is 5. The van der Waals surface area contributed by atoms with Crippen molar-refractivity contribution < 1.29 is 24.7 Å². The van der Waals surface area contributed by atoms with Gasteiger partial charge in [-0.05, 0) is 38.0 Å². The fourth-order valence-electron chi connectivity index (χ4n) is 2.40. The summed E-state index contributed by atoms with van der Waals surface area (Å²) >= 11 is 0. The second-order valence-electron chi connectivity index (χ2n) is 5.11. The lowest BCUT2D eigenvalue weighted by molar-refractivity contribution is -0.191. The van der Waals surface area contributed by atoms with E-state index in [0.717, 1.165) is 45.2 Å². The fraction of sp³-hybridized carbons (Fsp3) is 0.917. The Morgan fingerprint density at radius 1 is 1.35 bits per heavy atom. The molecule has 7 nitrogen and oxygen atoms in total. The maximum absolute atomic E-state index is 10.1. The number of carbonyl (C=O) groups excluding carboxylic acids is 2. The summed E-state index contributed by atoms with van der Waals surface area (Å²) in [5.41, 5.74) is 5.96. The number of aliphatic hydroxyl groups is 1. The summed E-state index contributed by atoms with van der Waals surface area (Å²) in [7, 11) is -1.22. The van der Waals surface area contributed by atoms with Crippen LogP contribution in [0.3, 0.4) is 0 Å². The number of unbranched alkanes of at least 4 members (excludes halogenated alkanes) is 1. The predicted molar refractivity (Wildman–Crippen MR) is 73.4 cm³/mol. The van der Waals surface area contributed by atoms with Crippen LogP contribution in [-0.2, 0) is 9.59 Å². The Balaban J connectivity index is 0.00000110. The zero-order chi connectivity index (χ0) is 15.4. The third-order valence-electron chi connectivity index (χ3n) is 3.51. The second kappa shape index (κ2) is 12.0. The van der Waals surface area contributed by atoms with E-state index in [1.807, 2.05) is 0 Å². The van der Waals surface area contributed by atoms with Crippen LogP contribution >= 0.6 is 0 Å². The van der Waals surface area contributed by atoms with Crippen molar-refractivity contribution >= 4 is 13.3 Å². The van der Waals surface area contributed by atoms with Crippen molar-refractivity contribution in [3.05, 3.63) is 0 Å². The molecular weight excluding hydrogens is 263 g/mol. The Hall–Kier alpha value is -0.755. The molecule has 0 aromatic carbocycles. The molecule has 1 heterocycles. The van der Waals surface area contributed by atoms with Gasteiger partial charge in [-0.2, -0.15) is 9.59 Å². The number of nitrogens with two attached hydrogens (primary N) is 1. The van der Waals surface area contributed by atoms with Gasteiger partial charge in [0.05, 0.1) is 6.10 Å². The molecule has 0 spiro atoms. The predicted octanol–water partition coefficient (Wildman–Crippen LogP) is -1.27. The van der Waals surface area contributed by atoms with Crippen molar-refractivity contribution in [3.63, 3.8) is 0 Å². The molecule has 20 heavy (non-hydrogen) atoms. The average Bonchev–Trinajstić information content (AvgIpc) is 2.44. The first kappa shape index (κ1) is 19.2. The molecule has 3 atom stereocenters. The summed E-state index contributed by atoms with van der Waals surface area (Å²) in [6.07, 6.45) is 4.64. The largest absolute Gasteiger partial charge is 0.451 e. The van der Waals surface area contributed by atoms with Crippen LogP contribution in [0.4, 0.5) is 0 Å². The van der Waals surface area contributed by atoms with Gasteiger partial charge in [0, 0.05) is 12.6 Å². The van der Waals surface area contributed by atoms with Gasteiger partial charge in [-0.25, -0.2) is 0 Å². The first-order valence-corrected chi connectivity index (χ1v) is 7.02. The molecule has 0 aromatic rings. The van der Waals surface area contributed by atoms with Crippen molar-refractivity contribution in [2.75, 3.05) is 13.1 Å². The highest BCUT2D eigenvalue weighted by atomic mass is 16.4. The lowest BCUT2D eigenvalue weighted by Crippen LogP contribution is -2.45. The van der Waals surface area contributed by atoms with Gasteiger partial charge in [0.15, 0.2) is 0 Å². The van der Waals surface area contributed by atoms with Crippen molar-refractivity contribution in [2.24, 2.45) is 11.7 Å². The molecule has 1 aliphatic heterocycles. The van der Waals surface area contributed by atoms with Crippen molar-refractivity contribution in [1.82, 2.24) is 5.32 Å². The normalized spacial score (nSPS) is 21.1.